The van der Waals surface area contributed by atoms with Gasteiger partial charge in [-0.2, -0.15) is 4.31 Å². The van der Waals surface area contributed by atoms with Crippen molar-refractivity contribution in [2.45, 2.75) is 12.8 Å². The number of nitrogens with zero attached hydrogens (tertiary/aromatic N) is 1. The first-order chi connectivity index (χ1) is 10.8. The van der Waals surface area contributed by atoms with Gasteiger partial charge in [0.2, 0.25) is 15.9 Å². The molecule has 0 saturated heterocycles. The zero-order chi connectivity index (χ0) is 17.3. The molecule has 6 nitrogen and oxygen atoms in total. The monoisotopic (exact) mass is 362 g/mol. The summed E-state index contributed by atoms with van der Waals surface area (Å²) in [7, 11) is -1.86. The lowest BCUT2D eigenvalue weighted by Crippen LogP contribution is -2.41. The second-order valence-electron chi connectivity index (χ2n) is 5.17. The number of rotatable bonds is 10. The SMILES string of the molecule is COCCCNC(=O)CN(CCc1ccc(Cl)cc1)S(C)(=O)=O. The van der Waals surface area contributed by atoms with Gasteiger partial charge in [0.15, 0.2) is 0 Å². The maximum absolute atomic E-state index is 11.8. The van der Waals surface area contributed by atoms with Crippen LogP contribution in [0.5, 0.6) is 0 Å². The normalized spacial score (nSPS) is 11.7. The minimum atomic E-state index is -3.45. The summed E-state index contributed by atoms with van der Waals surface area (Å²) in [5.41, 5.74) is 0.962. The highest BCUT2D eigenvalue weighted by molar-refractivity contribution is 7.88. The van der Waals surface area contributed by atoms with Crippen LogP contribution in [0.25, 0.3) is 0 Å². The molecule has 0 aromatic heterocycles. The molecule has 0 fully saturated rings. The molecule has 1 aromatic rings. The van der Waals surface area contributed by atoms with Gasteiger partial charge >= 0.3 is 0 Å². The van der Waals surface area contributed by atoms with E-state index in [1.54, 1.807) is 19.2 Å². The van der Waals surface area contributed by atoms with Crippen LogP contribution in [0.2, 0.25) is 5.02 Å². The zero-order valence-electron chi connectivity index (χ0n) is 13.4. The molecule has 0 atom stereocenters. The lowest BCUT2D eigenvalue weighted by Gasteiger charge is -2.19. The van der Waals surface area contributed by atoms with E-state index in [2.05, 4.69) is 5.32 Å². The van der Waals surface area contributed by atoms with Crippen LogP contribution < -0.4 is 5.32 Å². The fourth-order valence-corrected chi connectivity index (χ4v) is 2.83. The summed E-state index contributed by atoms with van der Waals surface area (Å²) >= 11 is 5.82. The third kappa shape index (κ3) is 8.31. The van der Waals surface area contributed by atoms with Crippen molar-refractivity contribution in [2.75, 3.05) is 39.6 Å². The van der Waals surface area contributed by atoms with Gasteiger partial charge in [0.1, 0.15) is 0 Å². The van der Waals surface area contributed by atoms with Gasteiger partial charge in [-0.3, -0.25) is 4.79 Å². The number of benzene rings is 1. The third-order valence-electron chi connectivity index (χ3n) is 3.20. The van der Waals surface area contributed by atoms with E-state index in [0.717, 1.165) is 11.8 Å². The maximum atomic E-state index is 11.8. The van der Waals surface area contributed by atoms with Gasteiger partial charge in [0, 0.05) is 31.8 Å². The summed E-state index contributed by atoms with van der Waals surface area (Å²) in [5.74, 6) is -0.317. The molecule has 0 bridgehead atoms. The minimum absolute atomic E-state index is 0.181. The average molecular weight is 363 g/mol. The molecule has 1 N–H and O–H groups in total. The van der Waals surface area contributed by atoms with Crippen LogP contribution in [0.1, 0.15) is 12.0 Å². The molecule has 0 aliphatic carbocycles. The van der Waals surface area contributed by atoms with Crippen LogP contribution in [0, 0.1) is 0 Å². The van der Waals surface area contributed by atoms with E-state index in [4.69, 9.17) is 16.3 Å². The zero-order valence-corrected chi connectivity index (χ0v) is 15.0. The van der Waals surface area contributed by atoms with Gasteiger partial charge in [0.05, 0.1) is 12.8 Å². The molecule has 0 aliphatic rings. The lowest BCUT2D eigenvalue weighted by atomic mass is 10.1. The first kappa shape index (κ1) is 19.9. The molecule has 8 heteroatoms. The Kier molecular flexibility index (Phi) is 8.54. The van der Waals surface area contributed by atoms with Crippen molar-refractivity contribution in [1.82, 2.24) is 9.62 Å². The van der Waals surface area contributed by atoms with Crippen LogP contribution in [-0.2, 0) is 26.0 Å². The number of hydrogen-bond donors (Lipinski definition) is 1. The summed E-state index contributed by atoms with van der Waals surface area (Å²) in [6, 6.07) is 7.19. The van der Waals surface area contributed by atoms with Gasteiger partial charge in [-0.1, -0.05) is 23.7 Å². The summed E-state index contributed by atoms with van der Waals surface area (Å²) in [6.45, 7) is 1.07. The summed E-state index contributed by atoms with van der Waals surface area (Å²) < 4.78 is 29.7. The third-order valence-corrected chi connectivity index (χ3v) is 4.70. The standard InChI is InChI=1S/C15H23ClN2O4S/c1-22-11-3-9-17-15(19)12-18(23(2,20)21)10-8-13-4-6-14(16)7-5-13/h4-7H,3,8-12H2,1-2H3,(H,17,19). The number of ether oxygens (including phenoxy) is 1. The van der Waals surface area contributed by atoms with Crippen molar-refractivity contribution in [1.29, 1.82) is 0 Å². The Balaban J connectivity index is 2.53. The van der Waals surface area contributed by atoms with Gasteiger partial charge in [-0.05, 0) is 30.5 Å². The Morgan fingerprint density at radius 1 is 1.30 bits per heavy atom. The molecule has 1 amide bonds. The van der Waals surface area contributed by atoms with Crippen molar-refractivity contribution in [3.05, 3.63) is 34.9 Å². The highest BCUT2D eigenvalue weighted by Crippen LogP contribution is 2.11. The Morgan fingerprint density at radius 2 is 1.96 bits per heavy atom. The first-order valence-electron chi connectivity index (χ1n) is 7.28. The predicted octanol–water partition coefficient (Wildman–Crippen LogP) is 1.30. The number of amides is 1. The Labute approximate surface area is 142 Å². The Hall–Kier alpha value is -1.15. The van der Waals surface area contributed by atoms with E-state index in [1.165, 1.54) is 4.31 Å². The molecule has 0 unspecified atom stereocenters. The van der Waals surface area contributed by atoms with Crippen molar-refractivity contribution in [3.63, 3.8) is 0 Å². The second kappa shape index (κ2) is 9.87. The molecule has 0 spiro atoms. The summed E-state index contributed by atoms with van der Waals surface area (Å²) in [5, 5.41) is 3.31. The van der Waals surface area contributed by atoms with E-state index >= 15 is 0 Å². The number of sulfonamides is 1. The molecule has 0 saturated carbocycles. The maximum Gasteiger partial charge on any atom is 0.235 e. The average Bonchev–Trinajstić information content (AvgIpc) is 2.48. The van der Waals surface area contributed by atoms with Gasteiger partial charge in [-0.25, -0.2) is 8.42 Å². The molecular weight excluding hydrogens is 340 g/mol. The van der Waals surface area contributed by atoms with Gasteiger partial charge < -0.3 is 10.1 Å². The molecular formula is C15H23ClN2O4S. The van der Waals surface area contributed by atoms with Crippen LogP contribution >= 0.6 is 11.6 Å². The number of hydrogen-bond acceptors (Lipinski definition) is 4. The van der Waals surface area contributed by atoms with Crippen molar-refractivity contribution < 1.29 is 17.9 Å². The van der Waals surface area contributed by atoms with E-state index in [-0.39, 0.29) is 19.0 Å². The number of nitrogens with one attached hydrogen (secondary N) is 1. The van der Waals surface area contributed by atoms with E-state index in [0.29, 0.717) is 31.0 Å². The van der Waals surface area contributed by atoms with Crippen LogP contribution in [0.3, 0.4) is 0 Å². The minimum Gasteiger partial charge on any atom is -0.385 e. The Bertz CT molecular complexity index is 590. The number of methoxy groups -OCH3 is 1. The molecule has 0 radical (unpaired) electrons. The lowest BCUT2D eigenvalue weighted by molar-refractivity contribution is -0.121. The van der Waals surface area contributed by atoms with Crippen LogP contribution in [0.15, 0.2) is 24.3 Å². The van der Waals surface area contributed by atoms with E-state index in [9.17, 15) is 13.2 Å². The number of carbonyl (C=O) groups excluding carboxylic acids is 1. The summed E-state index contributed by atoms with van der Waals surface area (Å²) in [4.78, 5) is 11.8. The van der Waals surface area contributed by atoms with Gasteiger partial charge in [0.25, 0.3) is 0 Å². The molecule has 0 aliphatic heterocycles. The molecule has 130 valence electrons. The fraction of sp³-hybridized carbons (Fsp3) is 0.533. The first-order valence-corrected chi connectivity index (χ1v) is 9.50. The highest BCUT2D eigenvalue weighted by atomic mass is 35.5. The van der Waals surface area contributed by atoms with Crippen LogP contribution in [0.4, 0.5) is 0 Å². The van der Waals surface area contributed by atoms with Gasteiger partial charge in [-0.15, -0.1) is 0 Å². The van der Waals surface area contributed by atoms with E-state index in [1.807, 2.05) is 12.1 Å². The second-order valence-corrected chi connectivity index (χ2v) is 7.59. The topological polar surface area (TPSA) is 75.7 Å². The van der Waals surface area contributed by atoms with E-state index < -0.39 is 10.0 Å². The molecule has 1 aromatic carbocycles. The quantitative estimate of drug-likeness (QED) is 0.636. The number of halogens is 1. The highest BCUT2D eigenvalue weighted by Gasteiger charge is 2.19. The molecule has 1 rings (SSSR count). The fourth-order valence-electron chi connectivity index (χ4n) is 1.93. The molecule has 23 heavy (non-hydrogen) atoms. The van der Waals surface area contributed by atoms with Crippen molar-refractivity contribution in [3.8, 4) is 0 Å². The van der Waals surface area contributed by atoms with Crippen molar-refractivity contribution in [2.24, 2.45) is 0 Å². The predicted molar refractivity (Wildman–Crippen MR) is 91.1 cm³/mol. The summed E-state index contributed by atoms with van der Waals surface area (Å²) in [6.07, 6.45) is 2.31. The molecule has 0 heterocycles. The smallest absolute Gasteiger partial charge is 0.235 e. The number of carbonyl (C=O) groups is 1. The largest absolute Gasteiger partial charge is 0.385 e. The van der Waals surface area contributed by atoms with Crippen LogP contribution in [-0.4, -0.2) is 58.2 Å². The van der Waals surface area contributed by atoms with Crippen molar-refractivity contribution >= 4 is 27.5 Å². The Morgan fingerprint density at radius 3 is 2.52 bits per heavy atom.